The summed E-state index contributed by atoms with van der Waals surface area (Å²) in [6.07, 6.45) is 21.4. The first-order valence-electron chi connectivity index (χ1n) is 15.1. The topological polar surface area (TPSA) is 142 Å². The van der Waals surface area contributed by atoms with Crippen molar-refractivity contribution in [1.82, 2.24) is 10.6 Å². The number of allylic oxidation sites excluding steroid dienone is 1. The lowest BCUT2D eigenvalue weighted by Gasteiger charge is -2.15. The number of aliphatic hydroxyl groups excluding tert-OH is 1. The van der Waals surface area contributed by atoms with Gasteiger partial charge < -0.3 is 25.6 Å². The monoisotopic (exact) mass is 554 g/mol. The number of aliphatic carboxylic acids is 1. The summed E-state index contributed by atoms with van der Waals surface area (Å²) in [6, 6.07) is -1.39. The quantitative estimate of drug-likeness (QED) is 0.0654. The molecule has 0 aromatic rings. The van der Waals surface area contributed by atoms with Gasteiger partial charge in [-0.3, -0.25) is 14.4 Å². The Morgan fingerprint density at radius 3 is 1.97 bits per heavy atom. The molecule has 0 saturated carbocycles. The lowest BCUT2D eigenvalue weighted by molar-refractivity contribution is -0.147. The highest BCUT2D eigenvalue weighted by molar-refractivity contribution is 5.87. The number of aliphatic hydroxyl groups is 1. The Morgan fingerprint density at radius 2 is 1.36 bits per heavy atom. The van der Waals surface area contributed by atoms with Crippen LogP contribution in [-0.4, -0.2) is 59.3 Å². The molecule has 0 aliphatic rings. The standard InChI is InChI=1S/C30H54N2O7/c1-3-5-7-9-10-11-12-18-22-29(36)39-25(19-15-8-6-4-2)20-16-13-14-17-21-27(34)31-23-28(35)32-26(24-33)30(37)38/h15,19,25-26,33H,3-14,16-18,20-24H2,1-2H3,(H,31,34)(H,32,35)(H,37,38)/b19-15-. The maximum Gasteiger partial charge on any atom is 0.328 e. The second-order valence-electron chi connectivity index (χ2n) is 10.2. The minimum Gasteiger partial charge on any atom is -0.480 e. The Hall–Kier alpha value is -2.42. The fourth-order valence-corrected chi connectivity index (χ4v) is 4.08. The summed E-state index contributed by atoms with van der Waals surface area (Å²) >= 11 is 0. The van der Waals surface area contributed by atoms with Crippen LogP contribution < -0.4 is 10.6 Å². The van der Waals surface area contributed by atoms with Crippen LogP contribution in [0.3, 0.4) is 0 Å². The summed E-state index contributed by atoms with van der Waals surface area (Å²) in [6.45, 7) is 3.31. The third kappa shape index (κ3) is 23.2. The molecule has 2 amide bonds. The minimum absolute atomic E-state index is 0.125. The second-order valence-corrected chi connectivity index (χ2v) is 10.2. The summed E-state index contributed by atoms with van der Waals surface area (Å²) in [5, 5.41) is 22.3. The maximum absolute atomic E-state index is 12.4. The van der Waals surface area contributed by atoms with Gasteiger partial charge >= 0.3 is 11.9 Å². The Bertz CT molecular complexity index is 697. The van der Waals surface area contributed by atoms with Crippen LogP contribution in [-0.2, 0) is 23.9 Å². The number of carbonyl (C=O) groups is 4. The van der Waals surface area contributed by atoms with E-state index in [-0.39, 0.29) is 30.9 Å². The van der Waals surface area contributed by atoms with Crippen LogP contribution in [0.1, 0.15) is 129 Å². The third-order valence-corrected chi connectivity index (χ3v) is 6.50. The number of nitrogens with one attached hydrogen (secondary N) is 2. The van der Waals surface area contributed by atoms with Crippen molar-refractivity contribution in [3.8, 4) is 0 Å². The first-order chi connectivity index (χ1) is 18.8. The predicted octanol–water partition coefficient (Wildman–Crippen LogP) is 5.19. The molecular weight excluding hydrogens is 500 g/mol. The lowest BCUT2D eigenvalue weighted by Crippen LogP contribution is -2.47. The molecule has 0 rings (SSSR count). The number of hydrogen-bond acceptors (Lipinski definition) is 6. The van der Waals surface area contributed by atoms with Crippen molar-refractivity contribution in [3.63, 3.8) is 0 Å². The number of esters is 1. The zero-order chi connectivity index (χ0) is 29.1. The molecule has 0 radical (unpaired) electrons. The average molecular weight is 555 g/mol. The molecule has 0 aliphatic carbocycles. The van der Waals surface area contributed by atoms with Crippen LogP contribution in [0.2, 0.25) is 0 Å². The molecule has 0 fully saturated rings. The third-order valence-electron chi connectivity index (χ3n) is 6.50. The van der Waals surface area contributed by atoms with Gasteiger partial charge in [-0.05, 0) is 38.2 Å². The summed E-state index contributed by atoms with van der Waals surface area (Å²) < 4.78 is 5.76. The van der Waals surface area contributed by atoms with Crippen molar-refractivity contribution in [2.24, 2.45) is 0 Å². The molecule has 226 valence electrons. The molecule has 0 aliphatic heterocycles. The summed E-state index contributed by atoms with van der Waals surface area (Å²) in [5.74, 6) is -2.41. The Balaban J connectivity index is 4.16. The number of carboxylic acid groups (broad SMARTS) is 1. The second kappa shape index (κ2) is 25.8. The highest BCUT2D eigenvalue weighted by Crippen LogP contribution is 2.14. The average Bonchev–Trinajstić information content (AvgIpc) is 2.91. The molecule has 39 heavy (non-hydrogen) atoms. The van der Waals surface area contributed by atoms with Gasteiger partial charge in [-0.1, -0.05) is 90.6 Å². The Kier molecular flexibility index (Phi) is 24.2. The molecular formula is C30H54N2O7. The molecule has 0 saturated heterocycles. The van der Waals surface area contributed by atoms with E-state index in [9.17, 15) is 19.2 Å². The van der Waals surface area contributed by atoms with Crippen molar-refractivity contribution in [2.75, 3.05) is 13.2 Å². The van der Waals surface area contributed by atoms with Gasteiger partial charge in [0.05, 0.1) is 13.2 Å². The van der Waals surface area contributed by atoms with Crippen molar-refractivity contribution in [2.45, 2.75) is 142 Å². The number of unbranched alkanes of at least 4 members (excludes halogenated alkanes) is 12. The van der Waals surface area contributed by atoms with Crippen LogP contribution in [0.15, 0.2) is 12.2 Å². The molecule has 0 aromatic heterocycles. The zero-order valence-electron chi connectivity index (χ0n) is 24.4. The van der Waals surface area contributed by atoms with Crippen molar-refractivity contribution in [1.29, 1.82) is 0 Å². The van der Waals surface area contributed by atoms with E-state index in [1.165, 1.54) is 38.5 Å². The molecule has 0 spiro atoms. The Labute approximate surface area is 235 Å². The lowest BCUT2D eigenvalue weighted by atomic mass is 10.1. The SMILES string of the molecule is CCCC/C=C\C(CCCCCCC(=O)NCC(=O)NC(CO)C(=O)O)OC(=O)CCCCCCCCCC. The van der Waals surface area contributed by atoms with Gasteiger partial charge in [-0.2, -0.15) is 0 Å². The van der Waals surface area contributed by atoms with E-state index in [1.54, 1.807) is 0 Å². The summed E-state index contributed by atoms with van der Waals surface area (Å²) in [5.41, 5.74) is 0. The van der Waals surface area contributed by atoms with Gasteiger partial charge in [-0.25, -0.2) is 4.79 Å². The van der Waals surface area contributed by atoms with Crippen LogP contribution in [0, 0.1) is 0 Å². The first kappa shape index (κ1) is 36.6. The molecule has 0 aromatic carbocycles. The molecule has 2 atom stereocenters. The maximum atomic E-state index is 12.4. The van der Waals surface area contributed by atoms with Crippen molar-refractivity contribution >= 4 is 23.8 Å². The fraction of sp³-hybridized carbons (Fsp3) is 0.800. The zero-order valence-corrected chi connectivity index (χ0v) is 24.4. The molecule has 9 nitrogen and oxygen atoms in total. The fourth-order valence-electron chi connectivity index (χ4n) is 4.08. The predicted molar refractivity (Wildman–Crippen MR) is 153 cm³/mol. The van der Waals surface area contributed by atoms with E-state index < -0.39 is 24.5 Å². The summed E-state index contributed by atoms with van der Waals surface area (Å²) in [4.78, 5) is 46.8. The van der Waals surface area contributed by atoms with Gasteiger partial charge in [-0.15, -0.1) is 0 Å². The highest BCUT2D eigenvalue weighted by Gasteiger charge is 2.18. The van der Waals surface area contributed by atoms with Crippen molar-refractivity contribution in [3.05, 3.63) is 12.2 Å². The molecule has 2 unspecified atom stereocenters. The summed E-state index contributed by atoms with van der Waals surface area (Å²) in [7, 11) is 0. The van der Waals surface area contributed by atoms with E-state index in [0.29, 0.717) is 12.8 Å². The smallest absolute Gasteiger partial charge is 0.328 e. The minimum atomic E-state index is -1.39. The number of carboxylic acids is 1. The number of carbonyl (C=O) groups excluding carboxylic acids is 3. The number of amides is 2. The number of ether oxygens (including phenoxy) is 1. The van der Waals surface area contributed by atoms with E-state index in [4.69, 9.17) is 14.9 Å². The van der Waals surface area contributed by atoms with Crippen LogP contribution in [0.25, 0.3) is 0 Å². The van der Waals surface area contributed by atoms with Crippen LogP contribution in [0.5, 0.6) is 0 Å². The first-order valence-corrected chi connectivity index (χ1v) is 15.1. The van der Waals surface area contributed by atoms with E-state index in [2.05, 4.69) is 30.6 Å². The highest BCUT2D eigenvalue weighted by atomic mass is 16.5. The normalized spacial score (nSPS) is 12.7. The van der Waals surface area contributed by atoms with E-state index >= 15 is 0 Å². The number of hydrogen-bond donors (Lipinski definition) is 4. The van der Waals surface area contributed by atoms with E-state index in [0.717, 1.165) is 57.8 Å². The molecule has 0 heterocycles. The molecule has 0 bridgehead atoms. The van der Waals surface area contributed by atoms with Crippen LogP contribution in [0.4, 0.5) is 0 Å². The van der Waals surface area contributed by atoms with Gasteiger partial charge in [0.25, 0.3) is 0 Å². The van der Waals surface area contributed by atoms with Gasteiger partial charge in [0.15, 0.2) is 0 Å². The van der Waals surface area contributed by atoms with Crippen LogP contribution >= 0.6 is 0 Å². The number of rotatable bonds is 26. The molecule has 4 N–H and O–H groups in total. The Morgan fingerprint density at radius 1 is 0.769 bits per heavy atom. The van der Waals surface area contributed by atoms with Gasteiger partial charge in [0.1, 0.15) is 12.1 Å². The van der Waals surface area contributed by atoms with Crippen molar-refractivity contribution < 1.29 is 34.1 Å². The van der Waals surface area contributed by atoms with Gasteiger partial charge in [0, 0.05) is 12.8 Å². The van der Waals surface area contributed by atoms with Gasteiger partial charge in [0.2, 0.25) is 11.8 Å². The molecule has 9 heteroatoms. The largest absolute Gasteiger partial charge is 0.480 e. The van der Waals surface area contributed by atoms with E-state index in [1.807, 2.05) is 6.08 Å².